The minimum atomic E-state index is -1.39. The summed E-state index contributed by atoms with van der Waals surface area (Å²) in [5.74, 6) is -0.562. The average Bonchev–Trinajstić information content (AvgIpc) is 3.55. The third kappa shape index (κ3) is 8.36. The SMILES string of the molecule is CCOc1ccc(Cc2cc([C@]34OC[C@](C=COC)(O3)[C@@H](OCc3ccccc3)[C@H](OCc3ccccc3)[C@H]4OCc3ccccc3)ccc2Cl)cc1. The van der Waals surface area contributed by atoms with E-state index in [1.807, 2.05) is 128 Å². The number of methoxy groups -OCH3 is 1. The quantitative estimate of drug-likeness (QED) is 0.0938. The van der Waals surface area contributed by atoms with Gasteiger partial charge in [0.1, 0.15) is 29.7 Å². The molecule has 2 heterocycles. The van der Waals surface area contributed by atoms with Gasteiger partial charge in [0.2, 0.25) is 5.79 Å². The van der Waals surface area contributed by atoms with Crippen LogP contribution in [0, 0.1) is 0 Å². The van der Waals surface area contributed by atoms with Crippen LogP contribution in [0.4, 0.5) is 0 Å². The van der Waals surface area contributed by atoms with E-state index in [9.17, 15) is 0 Å². The fourth-order valence-corrected chi connectivity index (χ4v) is 7.27. The second-order valence-electron chi connectivity index (χ2n) is 13.3. The van der Waals surface area contributed by atoms with E-state index >= 15 is 0 Å². The summed E-state index contributed by atoms with van der Waals surface area (Å²) in [6, 6.07) is 44.2. The molecule has 7 nitrogen and oxygen atoms in total. The Morgan fingerprint density at radius 2 is 1.28 bits per heavy atom. The van der Waals surface area contributed by atoms with Crippen LogP contribution >= 0.6 is 11.6 Å². The van der Waals surface area contributed by atoms with Crippen LogP contribution in [0.25, 0.3) is 0 Å². The third-order valence-electron chi connectivity index (χ3n) is 9.70. The normalized spacial score (nSPS) is 23.6. The molecule has 0 saturated carbocycles. The largest absolute Gasteiger partial charge is 0.505 e. The molecule has 0 amide bonds. The van der Waals surface area contributed by atoms with Crippen molar-refractivity contribution in [1.82, 2.24) is 0 Å². The highest BCUT2D eigenvalue weighted by atomic mass is 35.5. The predicted octanol–water partition coefficient (Wildman–Crippen LogP) is 9.20. The lowest BCUT2D eigenvalue weighted by molar-refractivity contribution is -0.342. The van der Waals surface area contributed by atoms with Crippen LogP contribution in [0.1, 0.15) is 40.3 Å². The molecule has 5 aromatic rings. The molecule has 2 bridgehead atoms. The molecule has 0 radical (unpaired) electrons. The van der Waals surface area contributed by atoms with E-state index in [4.69, 9.17) is 44.8 Å². The van der Waals surface area contributed by atoms with Crippen LogP contribution in [-0.4, -0.2) is 44.2 Å². The van der Waals surface area contributed by atoms with E-state index in [1.54, 1.807) is 13.4 Å². The van der Waals surface area contributed by atoms with Gasteiger partial charge in [0.05, 0.1) is 46.4 Å². The topological polar surface area (TPSA) is 64.6 Å². The van der Waals surface area contributed by atoms with Crippen LogP contribution in [0.3, 0.4) is 0 Å². The lowest BCUT2D eigenvalue weighted by atomic mass is 9.82. The molecule has 0 N–H and O–H groups in total. The zero-order valence-electron chi connectivity index (χ0n) is 30.1. The molecule has 2 aliphatic rings. The van der Waals surface area contributed by atoms with Crippen molar-refractivity contribution < 1.29 is 33.2 Å². The molecule has 53 heavy (non-hydrogen) atoms. The van der Waals surface area contributed by atoms with Gasteiger partial charge in [0, 0.05) is 10.6 Å². The Labute approximate surface area is 317 Å². The smallest absolute Gasteiger partial charge is 0.226 e. The van der Waals surface area contributed by atoms with Crippen molar-refractivity contribution in [3.05, 3.63) is 184 Å². The molecule has 2 fully saturated rings. The first-order valence-electron chi connectivity index (χ1n) is 18.0. The number of fused-ring (bicyclic) bond motifs is 2. The van der Waals surface area contributed by atoms with Gasteiger partial charge in [-0.2, -0.15) is 0 Å². The summed E-state index contributed by atoms with van der Waals surface area (Å²) in [6.45, 7) is 3.70. The molecule has 274 valence electrons. The van der Waals surface area contributed by atoms with Crippen molar-refractivity contribution in [3.63, 3.8) is 0 Å². The zero-order valence-corrected chi connectivity index (χ0v) is 30.8. The van der Waals surface area contributed by atoms with Crippen LogP contribution in [-0.2, 0) is 60.4 Å². The lowest BCUT2D eigenvalue weighted by Gasteiger charge is -2.50. The maximum absolute atomic E-state index is 7.25. The number of hydrogen-bond acceptors (Lipinski definition) is 7. The lowest BCUT2D eigenvalue weighted by Crippen LogP contribution is -2.65. The maximum atomic E-state index is 7.25. The molecule has 7 rings (SSSR count). The number of ether oxygens (including phenoxy) is 7. The van der Waals surface area contributed by atoms with Crippen molar-refractivity contribution in [2.75, 3.05) is 20.3 Å². The number of halogens is 1. The van der Waals surface area contributed by atoms with Gasteiger partial charge in [0.15, 0.2) is 0 Å². The van der Waals surface area contributed by atoms with Crippen molar-refractivity contribution >= 4 is 11.6 Å². The van der Waals surface area contributed by atoms with E-state index < -0.39 is 29.7 Å². The van der Waals surface area contributed by atoms with Gasteiger partial charge >= 0.3 is 0 Å². The second-order valence-corrected chi connectivity index (χ2v) is 13.7. The molecule has 0 unspecified atom stereocenters. The molecule has 5 atom stereocenters. The minimum Gasteiger partial charge on any atom is -0.505 e. The molecular weight excluding hydrogens is 688 g/mol. The van der Waals surface area contributed by atoms with E-state index in [0.717, 1.165) is 39.1 Å². The molecule has 0 spiro atoms. The molecule has 0 aliphatic carbocycles. The molecule has 0 aromatic heterocycles. The Morgan fingerprint density at radius 3 is 1.87 bits per heavy atom. The molecule has 8 heteroatoms. The summed E-state index contributed by atoms with van der Waals surface area (Å²) in [6.07, 6.45) is 2.04. The van der Waals surface area contributed by atoms with Gasteiger partial charge in [-0.3, -0.25) is 0 Å². The highest BCUT2D eigenvalue weighted by Crippen LogP contribution is 2.54. The first-order chi connectivity index (χ1) is 26.0. The Morgan fingerprint density at radius 1 is 0.698 bits per heavy atom. The summed E-state index contributed by atoms with van der Waals surface area (Å²) in [7, 11) is 1.61. The summed E-state index contributed by atoms with van der Waals surface area (Å²) in [5.41, 5.74) is 4.74. The maximum Gasteiger partial charge on any atom is 0.226 e. The minimum absolute atomic E-state index is 0.166. The zero-order chi connectivity index (χ0) is 36.5. The highest BCUT2D eigenvalue weighted by molar-refractivity contribution is 6.31. The van der Waals surface area contributed by atoms with Crippen LogP contribution in [0.15, 0.2) is 146 Å². The first-order valence-corrected chi connectivity index (χ1v) is 18.4. The predicted molar refractivity (Wildman–Crippen MR) is 205 cm³/mol. The Balaban J connectivity index is 1.31. The summed E-state index contributed by atoms with van der Waals surface area (Å²) < 4.78 is 46.1. The highest BCUT2D eigenvalue weighted by Gasteiger charge is 2.68. The van der Waals surface area contributed by atoms with E-state index in [2.05, 4.69) is 18.2 Å². The Kier molecular flexibility index (Phi) is 11.9. The number of rotatable bonds is 16. The van der Waals surface area contributed by atoms with E-state index in [-0.39, 0.29) is 6.61 Å². The Hall–Kier alpha value is -4.47. The van der Waals surface area contributed by atoms with Crippen LogP contribution < -0.4 is 4.74 Å². The van der Waals surface area contributed by atoms with Crippen molar-refractivity contribution in [1.29, 1.82) is 0 Å². The Bertz CT molecular complexity index is 1920. The monoisotopic (exact) mass is 732 g/mol. The van der Waals surface area contributed by atoms with Gasteiger partial charge in [-0.25, -0.2) is 0 Å². The van der Waals surface area contributed by atoms with Crippen molar-refractivity contribution in [2.24, 2.45) is 0 Å². The first kappa shape index (κ1) is 36.9. The molecule has 2 aliphatic heterocycles. The number of benzene rings is 5. The molecular formula is C45H45ClO7. The van der Waals surface area contributed by atoms with Gasteiger partial charge in [-0.05, 0) is 71.5 Å². The van der Waals surface area contributed by atoms with Crippen LogP contribution in [0.5, 0.6) is 5.75 Å². The second kappa shape index (κ2) is 17.1. The van der Waals surface area contributed by atoms with Gasteiger partial charge < -0.3 is 33.2 Å². The van der Waals surface area contributed by atoms with E-state index in [1.165, 1.54) is 0 Å². The summed E-state index contributed by atoms with van der Waals surface area (Å²) in [5, 5.41) is 0.640. The summed E-state index contributed by atoms with van der Waals surface area (Å²) >= 11 is 6.90. The van der Waals surface area contributed by atoms with Crippen molar-refractivity contribution in [3.8, 4) is 5.75 Å². The molecule has 2 saturated heterocycles. The fraction of sp³-hybridized carbons (Fsp3) is 0.289. The third-order valence-corrected chi connectivity index (χ3v) is 10.1. The standard InChI is InChI=1S/C45H45ClO7/c1-3-48-39-22-19-33(20-23-39)27-37-28-38(21-24-40(37)46)45-43(51-31-36-17-11-6-12-18-36)41(49-29-34-13-7-4-8-14-34)42(50-30-35-15-9-5-10-16-35)44(53-45,32-52-45)25-26-47-2/h4-26,28,41-43H,3,27,29-32H2,1-2H3/t41-,42-,43+,44-,45-/m0/s1. The van der Waals surface area contributed by atoms with Crippen LogP contribution in [0.2, 0.25) is 5.02 Å². The number of hydrogen-bond donors (Lipinski definition) is 0. The van der Waals surface area contributed by atoms with Crippen molar-refractivity contribution in [2.45, 2.75) is 62.9 Å². The van der Waals surface area contributed by atoms with Gasteiger partial charge in [-0.1, -0.05) is 121 Å². The summed E-state index contributed by atoms with van der Waals surface area (Å²) in [4.78, 5) is 0. The molecule has 5 aromatic carbocycles. The fourth-order valence-electron chi connectivity index (χ4n) is 7.08. The average molecular weight is 733 g/mol. The van der Waals surface area contributed by atoms with E-state index in [0.29, 0.717) is 37.9 Å². The van der Waals surface area contributed by atoms with Gasteiger partial charge in [-0.15, -0.1) is 0 Å². The van der Waals surface area contributed by atoms with Gasteiger partial charge in [0.25, 0.3) is 0 Å².